The first kappa shape index (κ1) is 14.5. The summed E-state index contributed by atoms with van der Waals surface area (Å²) in [4.78, 5) is 2.49. The lowest BCUT2D eigenvalue weighted by atomic mass is 9.84. The average molecular weight is 260 g/mol. The lowest BCUT2D eigenvalue weighted by molar-refractivity contribution is 0.315. The molecule has 1 aromatic carbocycles. The van der Waals surface area contributed by atoms with Crippen LogP contribution in [0.4, 0.5) is 0 Å². The number of likely N-dealkylation sites (tertiary alicyclic amines) is 1. The molecule has 1 fully saturated rings. The lowest BCUT2D eigenvalue weighted by Crippen LogP contribution is -2.30. The molecule has 0 saturated carbocycles. The second kappa shape index (κ2) is 5.64. The van der Waals surface area contributed by atoms with Crippen LogP contribution in [0.25, 0.3) is 0 Å². The normalized spacial score (nSPS) is 18.8. The molecular weight excluding hydrogens is 232 g/mol. The van der Waals surface area contributed by atoms with Gasteiger partial charge in [0.25, 0.3) is 0 Å². The van der Waals surface area contributed by atoms with Crippen LogP contribution in [-0.2, 0) is 5.41 Å². The topological polar surface area (TPSA) is 29.3 Å². The Hall–Kier alpha value is -0.860. The van der Waals surface area contributed by atoms with Gasteiger partial charge in [0.05, 0.1) is 0 Å². The van der Waals surface area contributed by atoms with Crippen molar-refractivity contribution in [2.75, 3.05) is 19.6 Å². The highest BCUT2D eigenvalue weighted by atomic mass is 15.1. The Bertz CT molecular complexity index is 425. The summed E-state index contributed by atoms with van der Waals surface area (Å²) in [5.74, 6) is 0. The number of hydrogen-bond acceptors (Lipinski definition) is 2. The van der Waals surface area contributed by atoms with E-state index in [1.807, 2.05) is 0 Å². The minimum absolute atomic E-state index is 0.139. The van der Waals surface area contributed by atoms with Crippen molar-refractivity contribution in [2.45, 2.75) is 52.0 Å². The van der Waals surface area contributed by atoms with Gasteiger partial charge in [0, 0.05) is 12.6 Å². The Morgan fingerprint density at radius 3 is 2.42 bits per heavy atom. The third-order valence-corrected chi connectivity index (χ3v) is 4.20. The smallest absolute Gasteiger partial charge is 0.0427 e. The van der Waals surface area contributed by atoms with E-state index in [0.717, 1.165) is 6.54 Å². The molecule has 1 heterocycles. The highest BCUT2D eigenvalue weighted by Crippen LogP contribution is 2.27. The summed E-state index contributed by atoms with van der Waals surface area (Å²) in [5.41, 5.74) is 10.7. The minimum Gasteiger partial charge on any atom is -0.323 e. The molecule has 0 amide bonds. The van der Waals surface area contributed by atoms with Crippen molar-refractivity contribution in [3.8, 4) is 0 Å². The van der Waals surface area contributed by atoms with E-state index in [-0.39, 0.29) is 11.5 Å². The molecule has 1 unspecified atom stereocenters. The molecule has 106 valence electrons. The predicted octanol–water partition coefficient (Wildman–Crippen LogP) is 3.39. The molecule has 0 spiro atoms. The van der Waals surface area contributed by atoms with Crippen molar-refractivity contribution in [1.82, 2.24) is 4.90 Å². The van der Waals surface area contributed by atoms with E-state index in [1.54, 1.807) is 0 Å². The van der Waals surface area contributed by atoms with Gasteiger partial charge >= 0.3 is 0 Å². The maximum Gasteiger partial charge on any atom is 0.0427 e. The molecule has 1 aliphatic heterocycles. The Morgan fingerprint density at radius 2 is 1.84 bits per heavy atom. The highest BCUT2D eigenvalue weighted by Gasteiger charge is 2.20. The standard InChI is InChI=1S/C17H28N2/c1-13-7-8-14(17(2,3)4)11-15(13)16(18)12-19-9-5-6-10-19/h7-8,11,16H,5-6,9-10,12,18H2,1-4H3. The van der Waals surface area contributed by atoms with E-state index in [4.69, 9.17) is 5.73 Å². The Morgan fingerprint density at radius 1 is 1.21 bits per heavy atom. The molecule has 2 rings (SSSR count). The molecule has 0 aromatic heterocycles. The molecule has 19 heavy (non-hydrogen) atoms. The van der Waals surface area contributed by atoms with Gasteiger partial charge in [-0.05, 0) is 55.0 Å². The van der Waals surface area contributed by atoms with E-state index in [9.17, 15) is 0 Å². The molecule has 1 saturated heterocycles. The van der Waals surface area contributed by atoms with E-state index in [2.05, 4.69) is 50.8 Å². The van der Waals surface area contributed by atoms with Gasteiger partial charge in [0.15, 0.2) is 0 Å². The van der Waals surface area contributed by atoms with Crippen molar-refractivity contribution in [3.63, 3.8) is 0 Å². The Labute approximate surface area is 118 Å². The predicted molar refractivity (Wildman–Crippen MR) is 82.5 cm³/mol. The number of rotatable bonds is 3. The van der Waals surface area contributed by atoms with E-state index in [0.29, 0.717) is 0 Å². The number of nitrogens with zero attached hydrogens (tertiary/aromatic N) is 1. The summed E-state index contributed by atoms with van der Waals surface area (Å²) < 4.78 is 0. The van der Waals surface area contributed by atoms with Gasteiger partial charge in [0.1, 0.15) is 0 Å². The third-order valence-electron chi connectivity index (χ3n) is 4.20. The molecule has 2 heteroatoms. The fourth-order valence-corrected chi connectivity index (χ4v) is 2.85. The maximum atomic E-state index is 6.45. The number of nitrogens with two attached hydrogens (primary N) is 1. The van der Waals surface area contributed by atoms with Crippen molar-refractivity contribution < 1.29 is 0 Å². The summed E-state index contributed by atoms with van der Waals surface area (Å²) in [5, 5.41) is 0. The first-order valence-electron chi connectivity index (χ1n) is 7.47. The molecule has 1 aliphatic rings. The van der Waals surface area contributed by atoms with Gasteiger partial charge in [-0.15, -0.1) is 0 Å². The third kappa shape index (κ3) is 3.58. The second-order valence-corrected chi connectivity index (χ2v) is 6.94. The van der Waals surface area contributed by atoms with Crippen LogP contribution in [0.15, 0.2) is 18.2 Å². The Kier molecular flexibility index (Phi) is 4.32. The first-order chi connectivity index (χ1) is 8.88. The molecular formula is C17H28N2. The first-order valence-corrected chi connectivity index (χ1v) is 7.47. The van der Waals surface area contributed by atoms with Crippen molar-refractivity contribution in [1.29, 1.82) is 0 Å². The number of aryl methyl sites for hydroxylation is 1. The van der Waals surface area contributed by atoms with Crippen molar-refractivity contribution in [2.24, 2.45) is 5.73 Å². The van der Waals surface area contributed by atoms with Gasteiger partial charge in [-0.25, -0.2) is 0 Å². The summed E-state index contributed by atoms with van der Waals surface area (Å²) in [7, 11) is 0. The van der Waals surface area contributed by atoms with Crippen LogP contribution >= 0.6 is 0 Å². The lowest BCUT2D eigenvalue weighted by Gasteiger charge is -2.25. The zero-order valence-electron chi connectivity index (χ0n) is 12.9. The number of hydrogen-bond donors (Lipinski definition) is 1. The zero-order valence-corrected chi connectivity index (χ0v) is 12.9. The van der Waals surface area contributed by atoms with Crippen molar-refractivity contribution in [3.05, 3.63) is 34.9 Å². The summed E-state index contributed by atoms with van der Waals surface area (Å²) in [6.07, 6.45) is 2.65. The molecule has 1 aromatic rings. The molecule has 0 aliphatic carbocycles. The average Bonchev–Trinajstić information content (AvgIpc) is 2.80. The molecule has 1 atom stereocenters. The van der Waals surface area contributed by atoms with Crippen LogP contribution in [0.5, 0.6) is 0 Å². The van der Waals surface area contributed by atoms with Crippen molar-refractivity contribution >= 4 is 0 Å². The molecule has 0 radical (unpaired) electrons. The summed E-state index contributed by atoms with van der Waals surface area (Å²) in [6.45, 7) is 12.4. The van der Waals surface area contributed by atoms with E-state index in [1.165, 1.54) is 42.6 Å². The zero-order chi connectivity index (χ0) is 14.0. The van der Waals surface area contributed by atoms with Gasteiger partial charge in [-0.3, -0.25) is 0 Å². The maximum absolute atomic E-state index is 6.45. The largest absolute Gasteiger partial charge is 0.323 e. The van der Waals surface area contributed by atoms with Crippen LogP contribution in [0.1, 0.15) is 56.3 Å². The highest BCUT2D eigenvalue weighted by molar-refractivity contribution is 5.36. The fourth-order valence-electron chi connectivity index (χ4n) is 2.85. The fraction of sp³-hybridized carbons (Fsp3) is 0.647. The monoisotopic (exact) mass is 260 g/mol. The van der Waals surface area contributed by atoms with Crippen LogP contribution in [0, 0.1) is 6.92 Å². The van der Waals surface area contributed by atoms with E-state index < -0.39 is 0 Å². The second-order valence-electron chi connectivity index (χ2n) is 6.94. The molecule has 2 nitrogen and oxygen atoms in total. The van der Waals surface area contributed by atoms with Crippen LogP contribution in [-0.4, -0.2) is 24.5 Å². The van der Waals surface area contributed by atoms with Gasteiger partial charge < -0.3 is 10.6 Å². The van der Waals surface area contributed by atoms with Crippen LogP contribution < -0.4 is 5.73 Å². The van der Waals surface area contributed by atoms with Crippen LogP contribution in [0.3, 0.4) is 0 Å². The van der Waals surface area contributed by atoms with E-state index >= 15 is 0 Å². The molecule has 0 bridgehead atoms. The molecule has 2 N–H and O–H groups in total. The summed E-state index contributed by atoms with van der Waals surface area (Å²) in [6, 6.07) is 6.91. The SMILES string of the molecule is Cc1ccc(C(C)(C)C)cc1C(N)CN1CCCC1. The number of benzene rings is 1. The summed E-state index contributed by atoms with van der Waals surface area (Å²) >= 11 is 0. The van der Waals surface area contributed by atoms with Gasteiger partial charge in [-0.1, -0.05) is 39.0 Å². The van der Waals surface area contributed by atoms with Gasteiger partial charge in [0.2, 0.25) is 0 Å². The quantitative estimate of drug-likeness (QED) is 0.902. The Balaban J connectivity index is 2.17. The van der Waals surface area contributed by atoms with Gasteiger partial charge in [-0.2, -0.15) is 0 Å². The van der Waals surface area contributed by atoms with Crippen LogP contribution in [0.2, 0.25) is 0 Å². The minimum atomic E-state index is 0.139.